The number of carbonyl (C=O) groups excluding carboxylic acids is 1. The highest BCUT2D eigenvalue weighted by molar-refractivity contribution is 5.93. The van der Waals surface area contributed by atoms with Crippen LogP contribution in [0.1, 0.15) is 54.4 Å². The van der Waals surface area contributed by atoms with Crippen LogP contribution in [0.5, 0.6) is 0 Å². The number of benzene rings is 1. The van der Waals surface area contributed by atoms with E-state index in [-0.39, 0.29) is 23.1 Å². The zero-order chi connectivity index (χ0) is 19.4. The number of aromatic nitrogens is 2. The Morgan fingerprint density at radius 2 is 2.00 bits per heavy atom. The van der Waals surface area contributed by atoms with Gasteiger partial charge in [0.15, 0.2) is 11.6 Å². The molecule has 1 aromatic heterocycles. The molecule has 0 aliphatic heterocycles. The van der Waals surface area contributed by atoms with Crippen molar-refractivity contribution in [2.75, 3.05) is 17.2 Å². The molecule has 0 bridgehead atoms. The quantitative estimate of drug-likeness (QED) is 0.719. The van der Waals surface area contributed by atoms with Crippen LogP contribution in [-0.2, 0) is 0 Å². The molecule has 0 radical (unpaired) electrons. The third-order valence-corrected chi connectivity index (χ3v) is 4.85. The zero-order valence-electron chi connectivity index (χ0n) is 15.1. The average Bonchev–Trinajstić information content (AvgIpc) is 2.65. The van der Waals surface area contributed by atoms with Gasteiger partial charge >= 0.3 is 0 Å². The van der Waals surface area contributed by atoms with Crippen LogP contribution in [0.2, 0.25) is 0 Å². The van der Waals surface area contributed by atoms with Crippen LogP contribution >= 0.6 is 0 Å². The topological polar surface area (TPSA) is 92.9 Å². The second-order valence-electron chi connectivity index (χ2n) is 6.71. The van der Waals surface area contributed by atoms with Crippen LogP contribution < -0.4 is 16.4 Å². The van der Waals surface area contributed by atoms with Crippen molar-refractivity contribution in [3.8, 4) is 0 Å². The third-order valence-electron chi connectivity index (χ3n) is 4.85. The molecule has 27 heavy (non-hydrogen) atoms. The van der Waals surface area contributed by atoms with Gasteiger partial charge in [-0.15, -0.1) is 0 Å². The lowest BCUT2D eigenvalue weighted by molar-refractivity contribution is 0.0999. The summed E-state index contributed by atoms with van der Waals surface area (Å²) in [6.45, 7) is 2.76. The lowest BCUT2D eigenvalue weighted by Crippen LogP contribution is -2.27. The first-order chi connectivity index (χ1) is 13.0. The van der Waals surface area contributed by atoms with Crippen molar-refractivity contribution in [1.82, 2.24) is 9.97 Å². The number of rotatable bonds is 6. The molecule has 0 unspecified atom stereocenters. The van der Waals surface area contributed by atoms with Crippen molar-refractivity contribution in [3.05, 3.63) is 47.2 Å². The minimum Gasteiger partial charge on any atom is -0.370 e. The maximum Gasteiger partial charge on any atom is 0.248 e. The highest BCUT2D eigenvalue weighted by atomic mass is 19.2. The van der Waals surface area contributed by atoms with E-state index < -0.39 is 17.5 Å². The molecular formula is C19H23F2N5O. The zero-order valence-corrected chi connectivity index (χ0v) is 15.1. The molecule has 1 aliphatic carbocycles. The Morgan fingerprint density at radius 1 is 1.26 bits per heavy atom. The number of nitrogens with zero attached hydrogens (tertiary/aromatic N) is 2. The van der Waals surface area contributed by atoms with Gasteiger partial charge in [0.1, 0.15) is 5.82 Å². The maximum atomic E-state index is 14.2. The van der Waals surface area contributed by atoms with E-state index in [2.05, 4.69) is 20.6 Å². The van der Waals surface area contributed by atoms with E-state index in [1.165, 1.54) is 6.07 Å². The molecule has 1 amide bonds. The summed E-state index contributed by atoms with van der Waals surface area (Å²) in [7, 11) is 0. The van der Waals surface area contributed by atoms with E-state index in [1.807, 2.05) is 6.92 Å². The molecule has 4 N–H and O–H groups in total. The van der Waals surface area contributed by atoms with Gasteiger partial charge in [0.05, 0.1) is 0 Å². The molecule has 0 saturated heterocycles. The number of anilines is 2. The molecule has 1 aliphatic rings. The highest BCUT2D eigenvalue weighted by Gasteiger charge is 2.27. The molecule has 1 heterocycles. The average molecular weight is 375 g/mol. The molecule has 8 heteroatoms. The first-order valence-corrected chi connectivity index (χ1v) is 9.10. The number of nitrogens with one attached hydrogen (secondary N) is 2. The van der Waals surface area contributed by atoms with Crippen molar-refractivity contribution in [3.63, 3.8) is 0 Å². The first-order valence-electron chi connectivity index (χ1n) is 9.10. The van der Waals surface area contributed by atoms with Gasteiger partial charge in [-0.3, -0.25) is 4.79 Å². The maximum absolute atomic E-state index is 14.2. The number of amides is 1. The SMILES string of the molecule is CCNc1ccnc(NC2CCC(c3cc(C(N)=O)cc(F)c3F)CC2)n1. The monoisotopic (exact) mass is 375 g/mol. The summed E-state index contributed by atoms with van der Waals surface area (Å²) in [6.07, 6.45) is 4.56. The highest BCUT2D eigenvalue weighted by Crippen LogP contribution is 2.36. The minimum absolute atomic E-state index is 0.00205. The summed E-state index contributed by atoms with van der Waals surface area (Å²) < 4.78 is 28.0. The van der Waals surface area contributed by atoms with Crippen molar-refractivity contribution in [2.24, 2.45) is 5.73 Å². The van der Waals surface area contributed by atoms with E-state index in [4.69, 9.17) is 5.73 Å². The van der Waals surface area contributed by atoms with Crippen LogP contribution in [0.4, 0.5) is 20.5 Å². The van der Waals surface area contributed by atoms with Crippen molar-refractivity contribution in [2.45, 2.75) is 44.6 Å². The summed E-state index contributed by atoms with van der Waals surface area (Å²) in [5, 5.41) is 6.44. The van der Waals surface area contributed by atoms with E-state index >= 15 is 0 Å². The Morgan fingerprint density at radius 3 is 2.67 bits per heavy atom. The normalized spacial score (nSPS) is 19.5. The smallest absolute Gasteiger partial charge is 0.248 e. The molecule has 1 saturated carbocycles. The summed E-state index contributed by atoms with van der Waals surface area (Å²) in [5.41, 5.74) is 5.44. The van der Waals surface area contributed by atoms with Crippen LogP contribution in [0.15, 0.2) is 24.4 Å². The van der Waals surface area contributed by atoms with Gasteiger partial charge in [-0.25, -0.2) is 13.8 Å². The standard InChI is InChI=1S/C19H23F2N5O/c1-2-23-16-7-8-24-19(26-16)25-13-5-3-11(4-6-13)14-9-12(18(22)27)10-15(20)17(14)21/h7-11,13H,2-6H2,1H3,(H2,22,27)(H2,23,24,25,26). The molecule has 0 spiro atoms. The second-order valence-corrected chi connectivity index (χ2v) is 6.71. The van der Waals surface area contributed by atoms with Crippen LogP contribution in [0.3, 0.4) is 0 Å². The third kappa shape index (κ3) is 4.50. The second kappa shape index (κ2) is 8.28. The molecule has 1 aromatic carbocycles. The van der Waals surface area contributed by atoms with Gasteiger partial charge in [-0.05, 0) is 62.3 Å². The lowest BCUT2D eigenvalue weighted by Gasteiger charge is -2.29. The Kier molecular flexibility index (Phi) is 5.83. The van der Waals surface area contributed by atoms with E-state index in [0.717, 1.165) is 31.3 Å². The largest absolute Gasteiger partial charge is 0.370 e. The fourth-order valence-corrected chi connectivity index (χ4v) is 3.49. The summed E-state index contributed by atoms with van der Waals surface area (Å²) >= 11 is 0. The number of hydrogen-bond donors (Lipinski definition) is 3. The Bertz CT molecular complexity index is 822. The van der Waals surface area contributed by atoms with Gasteiger partial charge in [0, 0.05) is 24.3 Å². The molecule has 6 nitrogen and oxygen atoms in total. The predicted octanol–water partition coefficient (Wildman–Crippen LogP) is 3.42. The predicted molar refractivity (Wildman–Crippen MR) is 99.7 cm³/mol. The molecule has 1 fully saturated rings. The van der Waals surface area contributed by atoms with Crippen LogP contribution in [0, 0.1) is 11.6 Å². The number of carbonyl (C=O) groups is 1. The number of hydrogen-bond acceptors (Lipinski definition) is 5. The van der Waals surface area contributed by atoms with Crippen molar-refractivity contribution in [1.29, 1.82) is 0 Å². The Hall–Kier alpha value is -2.77. The van der Waals surface area contributed by atoms with Crippen molar-refractivity contribution >= 4 is 17.7 Å². The molecular weight excluding hydrogens is 352 g/mol. The fourth-order valence-electron chi connectivity index (χ4n) is 3.49. The number of nitrogens with two attached hydrogens (primary N) is 1. The summed E-state index contributed by atoms with van der Waals surface area (Å²) in [6, 6.07) is 4.19. The van der Waals surface area contributed by atoms with Gasteiger partial charge in [-0.1, -0.05) is 0 Å². The number of halogens is 2. The van der Waals surface area contributed by atoms with Gasteiger partial charge < -0.3 is 16.4 Å². The Balaban J connectivity index is 1.65. The molecule has 3 rings (SSSR count). The number of primary amides is 1. The fraction of sp³-hybridized carbons (Fsp3) is 0.421. The van der Waals surface area contributed by atoms with Crippen LogP contribution in [0.25, 0.3) is 0 Å². The van der Waals surface area contributed by atoms with Gasteiger partial charge in [0.25, 0.3) is 0 Å². The first kappa shape index (κ1) is 19.0. The molecule has 0 atom stereocenters. The molecule has 2 aromatic rings. The minimum atomic E-state index is -1.03. The Labute approximate surface area is 156 Å². The van der Waals surface area contributed by atoms with Crippen LogP contribution in [-0.4, -0.2) is 28.5 Å². The van der Waals surface area contributed by atoms with Crippen molar-refractivity contribution < 1.29 is 13.6 Å². The van der Waals surface area contributed by atoms with Gasteiger partial charge in [-0.2, -0.15) is 4.98 Å². The summed E-state index contributed by atoms with van der Waals surface area (Å²) in [5.74, 6) is -1.53. The van der Waals surface area contributed by atoms with E-state index in [0.29, 0.717) is 18.8 Å². The summed E-state index contributed by atoms with van der Waals surface area (Å²) in [4.78, 5) is 20.0. The van der Waals surface area contributed by atoms with E-state index in [1.54, 1.807) is 12.3 Å². The lowest BCUT2D eigenvalue weighted by atomic mass is 9.81. The van der Waals surface area contributed by atoms with Gasteiger partial charge in [0.2, 0.25) is 11.9 Å². The molecule has 144 valence electrons. The van der Waals surface area contributed by atoms with E-state index in [9.17, 15) is 13.6 Å².